The fraction of sp³-hybridized carbons (Fsp3) is 0. The van der Waals surface area contributed by atoms with Crippen LogP contribution in [0.1, 0.15) is 11.5 Å². The zero-order chi connectivity index (χ0) is 9.80. The first-order valence-electron chi connectivity index (χ1n) is 4.01. The van der Waals surface area contributed by atoms with Gasteiger partial charge in [0, 0.05) is 17.8 Å². The quantitative estimate of drug-likeness (QED) is 0.808. The predicted molar refractivity (Wildman–Crippen MR) is 57.5 cm³/mol. The van der Waals surface area contributed by atoms with Crippen LogP contribution < -0.4 is 5.73 Å². The Balaban J connectivity index is 2.15. The SMILES string of the molecule is Nc1nc(C=Cc2ncccn2)cs1. The van der Waals surface area contributed by atoms with E-state index >= 15 is 0 Å². The first-order valence-corrected chi connectivity index (χ1v) is 4.89. The van der Waals surface area contributed by atoms with E-state index in [2.05, 4.69) is 15.0 Å². The van der Waals surface area contributed by atoms with Crippen LogP contribution in [-0.2, 0) is 0 Å². The molecule has 0 saturated heterocycles. The lowest BCUT2D eigenvalue weighted by Gasteiger charge is -1.87. The molecule has 2 aromatic heterocycles. The van der Waals surface area contributed by atoms with E-state index in [4.69, 9.17) is 5.73 Å². The molecule has 2 aromatic rings. The number of aromatic nitrogens is 3. The van der Waals surface area contributed by atoms with Gasteiger partial charge >= 0.3 is 0 Å². The van der Waals surface area contributed by atoms with Crippen molar-refractivity contribution < 1.29 is 0 Å². The second-order valence-corrected chi connectivity index (χ2v) is 3.44. The average molecular weight is 204 g/mol. The monoisotopic (exact) mass is 204 g/mol. The van der Waals surface area contributed by atoms with Crippen LogP contribution in [0.15, 0.2) is 23.8 Å². The van der Waals surface area contributed by atoms with Crippen LogP contribution in [0.5, 0.6) is 0 Å². The molecule has 0 aliphatic rings. The van der Waals surface area contributed by atoms with E-state index in [1.54, 1.807) is 24.5 Å². The summed E-state index contributed by atoms with van der Waals surface area (Å²) in [6.07, 6.45) is 7.03. The van der Waals surface area contributed by atoms with Crippen LogP contribution >= 0.6 is 11.3 Å². The van der Waals surface area contributed by atoms with Crippen molar-refractivity contribution >= 4 is 28.6 Å². The molecular weight excluding hydrogens is 196 g/mol. The Morgan fingerprint density at radius 3 is 2.64 bits per heavy atom. The lowest BCUT2D eigenvalue weighted by atomic mass is 10.4. The summed E-state index contributed by atoms with van der Waals surface area (Å²) in [6.45, 7) is 0. The summed E-state index contributed by atoms with van der Waals surface area (Å²) >= 11 is 1.41. The average Bonchev–Trinajstić information content (AvgIpc) is 2.63. The van der Waals surface area contributed by atoms with E-state index in [1.165, 1.54) is 11.3 Å². The molecule has 0 fully saturated rings. The first kappa shape index (κ1) is 8.83. The zero-order valence-corrected chi connectivity index (χ0v) is 8.11. The summed E-state index contributed by atoms with van der Waals surface area (Å²) in [4.78, 5) is 12.2. The maximum absolute atomic E-state index is 5.49. The third-order valence-electron chi connectivity index (χ3n) is 1.53. The number of nitrogen functional groups attached to an aromatic ring is 1. The van der Waals surface area contributed by atoms with Gasteiger partial charge in [-0.05, 0) is 18.2 Å². The van der Waals surface area contributed by atoms with Crippen molar-refractivity contribution in [3.8, 4) is 0 Å². The molecule has 0 spiro atoms. The highest BCUT2D eigenvalue weighted by Gasteiger charge is 1.93. The Bertz CT molecular complexity index is 435. The van der Waals surface area contributed by atoms with Crippen molar-refractivity contribution in [2.45, 2.75) is 0 Å². The molecule has 0 saturated carbocycles. The van der Waals surface area contributed by atoms with Gasteiger partial charge in [0.05, 0.1) is 5.69 Å². The lowest BCUT2D eigenvalue weighted by molar-refractivity contribution is 1.14. The van der Waals surface area contributed by atoms with Gasteiger partial charge in [0.1, 0.15) is 0 Å². The Morgan fingerprint density at radius 1 is 1.21 bits per heavy atom. The highest BCUT2D eigenvalue weighted by Crippen LogP contribution is 2.12. The van der Waals surface area contributed by atoms with Crippen molar-refractivity contribution in [1.82, 2.24) is 15.0 Å². The highest BCUT2D eigenvalue weighted by molar-refractivity contribution is 7.13. The molecular formula is C9H8N4S. The van der Waals surface area contributed by atoms with E-state index in [9.17, 15) is 0 Å². The van der Waals surface area contributed by atoms with E-state index in [0.29, 0.717) is 11.0 Å². The van der Waals surface area contributed by atoms with E-state index < -0.39 is 0 Å². The predicted octanol–water partition coefficient (Wildman–Crippen LogP) is 1.69. The van der Waals surface area contributed by atoms with Gasteiger partial charge in [-0.15, -0.1) is 11.3 Å². The Morgan fingerprint density at radius 2 is 2.00 bits per heavy atom. The summed E-state index contributed by atoms with van der Waals surface area (Å²) in [5.41, 5.74) is 6.32. The van der Waals surface area contributed by atoms with Crippen molar-refractivity contribution in [2.24, 2.45) is 0 Å². The van der Waals surface area contributed by atoms with Gasteiger partial charge in [-0.1, -0.05) is 0 Å². The van der Waals surface area contributed by atoms with Crippen LogP contribution in [0, 0.1) is 0 Å². The number of thiazole rings is 1. The molecule has 2 heterocycles. The summed E-state index contributed by atoms with van der Waals surface area (Å²) < 4.78 is 0. The molecule has 0 unspecified atom stereocenters. The molecule has 14 heavy (non-hydrogen) atoms. The Labute approximate surface area is 85.2 Å². The number of rotatable bonds is 2. The van der Waals surface area contributed by atoms with Crippen LogP contribution in [0.25, 0.3) is 12.2 Å². The van der Waals surface area contributed by atoms with Crippen LogP contribution in [0.2, 0.25) is 0 Å². The van der Waals surface area contributed by atoms with Crippen LogP contribution in [0.3, 0.4) is 0 Å². The molecule has 0 amide bonds. The van der Waals surface area contributed by atoms with E-state index in [0.717, 1.165) is 5.69 Å². The standard InChI is InChI=1S/C9H8N4S/c10-9-13-7(6-14-9)2-3-8-11-4-1-5-12-8/h1-6H,(H2,10,13). The summed E-state index contributed by atoms with van der Waals surface area (Å²) in [5, 5.41) is 2.45. The third-order valence-corrected chi connectivity index (χ3v) is 2.22. The second-order valence-electron chi connectivity index (χ2n) is 2.55. The number of nitrogens with zero attached hydrogens (tertiary/aromatic N) is 3. The Kier molecular flexibility index (Phi) is 2.51. The highest BCUT2D eigenvalue weighted by atomic mass is 32.1. The molecule has 0 atom stereocenters. The van der Waals surface area contributed by atoms with Crippen molar-refractivity contribution in [3.05, 3.63) is 35.4 Å². The van der Waals surface area contributed by atoms with Crippen molar-refractivity contribution in [1.29, 1.82) is 0 Å². The molecule has 0 bridgehead atoms. The molecule has 2 rings (SSSR count). The summed E-state index contributed by atoms with van der Waals surface area (Å²) in [7, 11) is 0. The molecule has 5 heteroatoms. The van der Waals surface area contributed by atoms with Crippen molar-refractivity contribution in [2.75, 3.05) is 5.73 Å². The van der Waals surface area contributed by atoms with Crippen LogP contribution in [-0.4, -0.2) is 15.0 Å². The van der Waals surface area contributed by atoms with Gasteiger partial charge in [-0.25, -0.2) is 15.0 Å². The van der Waals surface area contributed by atoms with Gasteiger partial charge in [0.25, 0.3) is 0 Å². The second kappa shape index (κ2) is 3.97. The first-order chi connectivity index (χ1) is 6.84. The molecule has 4 nitrogen and oxygen atoms in total. The molecule has 2 N–H and O–H groups in total. The van der Waals surface area contributed by atoms with Gasteiger partial charge in [-0.3, -0.25) is 0 Å². The fourth-order valence-electron chi connectivity index (χ4n) is 0.934. The third kappa shape index (κ3) is 2.14. The number of hydrogen-bond donors (Lipinski definition) is 1. The Hall–Kier alpha value is -1.75. The topological polar surface area (TPSA) is 64.7 Å². The largest absolute Gasteiger partial charge is 0.375 e. The molecule has 0 radical (unpaired) electrons. The molecule has 0 aliphatic heterocycles. The summed E-state index contributed by atoms with van der Waals surface area (Å²) in [6, 6.07) is 1.78. The maximum atomic E-state index is 5.49. The van der Waals surface area contributed by atoms with Crippen LogP contribution in [0.4, 0.5) is 5.13 Å². The minimum absolute atomic E-state index is 0.568. The van der Waals surface area contributed by atoms with Gasteiger partial charge < -0.3 is 5.73 Å². The maximum Gasteiger partial charge on any atom is 0.180 e. The normalized spacial score (nSPS) is 10.9. The number of hydrogen-bond acceptors (Lipinski definition) is 5. The van der Waals surface area contributed by atoms with E-state index in [-0.39, 0.29) is 0 Å². The van der Waals surface area contributed by atoms with E-state index in [1.807, 2.05) is 11.5 Å². The van der Waals surface area contributed by atoms with Gasteiger partial charge in [0.2, 0.25) is 0 Å². The minimum atomic E-state index is 0.568. The zero-order valence-electron chi connectivity index (χ0n) is 7.29. The molecule has 0 aliphatic carbocycles. The number of nitrogens with two attached hydrogens (primary N) is 1. The van der Waals surface area contributed by atoms with Gasteiger partial charge in [0.15, 0.2) is 11.0 Å². The molecule has 0 aromatic carbocycles. The van der Waals surface area contributed by atoms with Crippen molar-refractivity contribution in [3.63, 3.8) is 0 Å². The van der Waals surface area contributed by atoms with Gasteiger partial charge in [-0.2, -0.15) is 0 Å². The lowest BCUT2D eigenvalue weighted by Crippen LogP contribution is -1.83. The molecule has 70 valence electrons. The smallest absolute Gasteiger partial charge is 0.180 e. The number of anilines is 1. The minimum Gasteiger partial charge on any atom is -0.375 e. The summed E-state index contributed by atoms with van der Waals surface area (Å²) in [5.74, 6) is 0.666. The fourth-order valence-corrected chi connectivity index (χ4v) is 1.46.